The van der Waals surface area contributed by atoms with Gasteiger partial charge in [0.25, 0.3) is 0 Å². The summed E-state index contributed by atoms with van der Waals surface area (Å²) in [4.78, 5) is 24.2. The van der Waals surface area contributed by atoms with E-state index in [9.17, 15) is 9.59 Å². The van der Waals surface area contributed by atoms with Crippen molar-refractivity contribution in [3.63, 3.8) is 0 Å². The number of benzene rings is 2. The molecule has 0 unspecified atom stereocenters. The van der Waals surface area contributed by atoms with Gasteiger partial charge in [0.05, 0.1) is 6.42 Å². The van der Waals surface area contributed by atoms with Crippen LogP contribution in [0.1, 0.15) is 120 Å². The third-order valence-corrected chi connectivity index (χ3v) is 6.48. The molecule has 33 heavy (non-hydrogen) atoms. The molecule has 0 aliphatic carbocycles. The van der Waals surface area contributed by atoms with Gasteiger partial charge < -0.3 is 0 Å². The molecule has 0 aromatic heterocycles. The zero-order valence-corrected chi connectivity index (χ0v) is 21.0. The zero-order valence-electron chi connectivity index (χ0n) is 21.0. The second kappa shape index (κ2) is 16.4. The highest BCUT2D eigenvalue weighted by Crippen LogP contribution is 2.22. The Morgan fingerprint density at radius 2 is 1.06 bits per heavy atom. The van der Waals surface area contributed by atoms with Crippen molar-refractivity contribution in [3.8, 4) is 11.1 Å². The molecule has 2 heteroatoms. The Labute approximate surface area is 202 Å². The molecule has 0 fully saturated rings. The molecular formula is C31H44O2. The average molecular weight is 449 g/mol. The fraction of sp³-hybridized carbons (Fsp3) is 0.548. The van der Waals surface area contributed by atoms with Crippen LogP contribution in [0.25, 0.3) is 11.1 Å². The van der Waals surface area contributed by atoms with Crippen LogP contribution in [0, 0.1) is 0 Å². The first-order valence-electron chi connectivity index (χ1n) is 13.4. The quantitative estimate of drug-likeness (QED) is 0.129. The van der Waals surface area contributed by atoms with Gasteiger partial charge >= 0.3 is 0 Å². The molecule has 0 bridgehead atoms. The van der Waals surface area contributed by atoms with Crippen LogP contribution in [0.15, 0.2) is 48.5 Å². The normalized spacial score (nSPS) is 11.0. The third-order valence-electron chi connectivity index (χ3n) is 6.48. The van der Waals surface area contributed by atoms with E-state index < -0.39 is 0 Å². The Kier molecular flexibility index (Phi) is 13.4. The van der Waals surface area contributed by atoms with Crippen LogP contribution in [0.3, 0.4) is 0 Å². The molecule has 0 amide bonds. The van der Waals surface area contributed by atoms with Crippen LogP contribution >= 0.6 is 0 Å². The summed E-state index contributed by atoms with van der Waals surface area (Å²) in [5, 5.41) is 0. The monoisotopic (exact) mass is 448 g/mol. The number of ketones is 2. The van der Waals surface area contributed by atoms with Gasteiger partial charge in [-0.3, -0.25) is 9.59 Å². The maximum Gasteiger partial charge on any atom is 0.170 e. The molecule has 0 N–H and O–H groups in total. The Balaban J connectivity index is 1.69. The summed E-state index contributed by atoms with van der Waals surface area (Å²) in [6.45, 7) is 4.33. The highest BCUT2D eigenvalue weighted by atomic mass is 16.1. The summed E-state index contributed by atoms with van der Waals surface area (Å²) < 4.78 is 0. The smallest absolute Gasteiger partial charge is 0.170 e. The van der Waals surface area contributed by atoms with Crippen molar-refractivity contribution in [2.45, 2.75) is 110 Å². The minimum Gasteiger partial charge on any atom is -0.299 e. The molecule has 2 aromatic rings. The van der Waals surface area contributed by atoms with Gasteiger partial charge in [0.1, 0.15) is 5.78 Å². The third kappa shape index (κ3) is 11.0. The molecule has 0 saturated carbocycles. The summed E-state index contributed by atoms with van der Waals surface area (Å²) in [5.41, 5.74) is 4.30. The van der Waals surface area contributed by atoms with Crippen LogP contribution in [0.2, 0.25) is 0 Å². The standard InChI is InChI=1S/C31H44O2/c1-3-5-7-8-9-10-11-12-13-14-15-26-17-19-27(20-18-26)28-21-23-29(24-22-28)31(33)25-30(32)16-6-4-2/h17-24H,3-16,25H2,1-2H3. The van der Waals surface area contributed by atoms with Crippen molar-refractivity contribution in [3.05, 3.63) is 59.7 Å². The van der Waals surface area contributed by atoms with Gasteiger partial charge in [0.2, 0.25) is 0 Å². The van der Waals surface area contributed by atoms with E-state index in [0.29, 0.717) is 12.0 Å². The van der Waals surface area contributed by atoms with Gasteiger partial charge in [-0.05, 0) is 36.0 Å². The molecule has 0 saturated heterocycles. The fourth-order valence-electron chi connectivity index (χ4n) is 4.27. The number of Topliss-reactive ketones (excluding diaryl/α,β-unsaturated/α-hetero) is 2. The molecule has 2 nitrogen and oxygen atoms in total. The predicted octanol–water partition coefficient (Wildman–Crippen LogP) is 9.15. The van der Waals surface area contributed by atoms with E-state index in [-0.39, 0.29) is 18.0 Å². The first-order valence-corrected chi connectivity index (χ1v) is 13.4. The Hall–Kier alpha value is -2.22. The van der Waals surface area contributed by atoms with Crippen LogP contribution < -0.4 is 0 Å². The zero-order chi connectivity index (χ0) is 23.7. The minimum atomic E-state index is -0.0745. The van der Waals surface area contributed by atoms with Crippen molar-refractivity contribution in [2.24, 2.45) is 0 Å². The van der Waals surface area contributed by atoms with Crippen LogP contribution in [0.4, 0.5) is 0 Å². The number of hydrogen-bond donors (Lipinski definition) is 0. The first kappa shape index (κ1) is 27.0. The number of aryl methyl sites for hydroxylation is 1. The number of rotatable bonds is 18. The summed E-state index contributed by atoms with van der Waals surface area (Å²) >= 11 is 0. The van der Waals surface area contributed by atoms with Gasteiger partial charge in [-0.15, -0.1) is 0 Å². The molecule has 0 spiro atoms. The SMILES string of the molecule is CCCCCCCCCCCCc1ccc(-c2ccc(C(=O)CC(=O)CCCC)cc2)cc1. The van der Waals surface area contributed by atoms with E-state index in [1.165, 1.54) is 75.3 Å². The molecule has 2 rings (SSSR count). The molecule has 2 aromatic carbocycles. The second-order valence-electron chi connectivity index (χ2n) is 9.45. The highest BCUT2D eigenvalue weighted by molar-refractivity contribution is 6.08. The Bertz CT molecular complexity index is 802. The van der Waals surface area contributed by atoms with E-state index in [2.05, 4.69) is 38.1 Å². The van der Waals surface area contributed by atoms with E-state index in [4.69, 9.17) is 0 Å². The lowest BCUT2D eigenvalue weighted by Gasteiger charge is -2.07. The molecule has 0 heterocycles. The topological polar surface area (TPSA) is 34.1 Å². The van der Waals surface area contributed by atoms with Crippen molar-refractivity contribution in [2.75, 3.05) is 0 Å². The maximum absolute atomic E-state index is 12.3. The summed E-state index contributed by atoms with van der Waals surface area (Å²) in [6, 6.07) is 16.5. The summed E-state index contributed by atoms with van der Waals surface area (Å²) in [7, 11) is 0. The van der Waals surface area contributed by atoms with Gasteiger partial charge in [-0.2, -0.15) is 0 Å². The van der Waals surface area contributed by atoms with Gasteiger partial charge in [-0.1, -0.05) is 127 Å². The highest BCUT2D eigenvalue weighted by Gasteiger charge is 2.11. The number of carbonyl (C=O) groups excluding carboxylic acids is 2. The van der Waals surface area contributed by atoms with Crippen LogP contribution in [0.5, 0.6) is 0 Å². The lowest BCUT2D eigenvalue weighted by molar-refractivity contribution is -0.118. The Morgan fingerprint density at radius 3 is 1.61 bits per heavy atom. The lowest BCUT2D eigenvalue weighted by Crippen LogP contribution is -2.07. The number of hydrogen-bond acceptors (Lipinski definition) is 2. The maximum atomic E-state index is 12.3. The van der Waals surface area contributed by atoms with Crippen molar-refractivity contribution in [1.29, 1.82) is 0 Å². The van der Waals surface area contributed by atoms with Crippen molar-refractivity contribution in [1.82, 2.24) is 0 Å². The second-order valence-corrected chi connectivity index (χ2v) is 9.45. The van der Waals surface area contributed by atoms with Gasteiger partial charge in [0.15, 0.2) is 5.78 Å². The van der Waals surface area contributed by atoms with Crippen LogP contribution in [-0.2, 0) is 11.2 Å². The fourth-order valence-corrected chi connectivity index (χ4v) is 4.27. The summed E-state index contributed by atoms with van der Waals surface area (Å²) in [5.74, 6) is -0.0292. The first-order chi connectivity index (χ1) is 16.1. The predicted molar refractivity (Wildman–Crippen MR) is 141 cm³/mol. The largest absolute Gasteiger partial charge is 0.299 e. The molecular weight excluding hydrogens is 404 g/mol. The molecule has 0 aliphatic heterocycles. The minimum absolute atomic E-state index is 0.0208. The molecule has 0 atom stereocenters. The van der Waals surface area contributed by atoms with E-state index in [1.54, 1.807) is 0 Å². The van der Waals surface area contributed by atoms with Gasteiger partial charge in [0, 0.05) is 12.0 Å². The lowest BCUT2D eigenvalue weighted by atomic mass is 9.98. The molecule has 0 radical (unpaired) electrons. The van der Waals surface area contributed by atoms with Crippen LogP contribution in [-0.4, -0.2) is 11.6 Å². The Morgan fingerprint density at radius 1 is 0.576 bits per heavy atom. The van der Waals surface area contributed by atoms with E-state index in [0.717, 1.165) is 24.8 Å². The van der Waals surface area contributed by atoms with Crippen molar-refractivity contribution >= 4 is 11.6 Å². The van der Waals surface area contributed by atoms with E-state index in [1.807, 2.05) is 24.3 Å². The number of unbranched alkanes of at least 4 members (excludes halogenated alkanes) is 10. The number of carbonyl (C=O) groups is 2. The average Bonchev–Trinajstić information content (AvgIpc) is 2.84. The molecule has 180 valence electrons. The van der Waals surface area contributed by atoms with Crippen molar-refractivity contribution < 1.29 is 9.59 Å². The molecule has 0 aliphatic rings. The van der Waals surface area contributed by atoms with Gasteiger partial charge in [-0.25, -0.2) is 0 Å². The summed E-state index contributed by atoms with van der Waals surface area (Å²) in [6.07, 6.45) is 17.2. The van der Waals surface area contributed by atoms with E-state index >= 15 is 0 Å².